The summed E-state index contributed by atoms with van der Waals surface area (Å²) in [6.45, 7) is 4.19. The van der Waals surface area contributed by atoms with Crippen molar-refractivity contribution in [3.63, 3.8) is 0 Å². The highest BCUT2D eigenvalue weighted by atomic mass is 32.2. The smallest absolute Gasteiger partial charge is 0.386 e. The first-order chi connectivity index (χ1) is 9.74. The second-order valence-corrected chi connectivity index (χ2v) is 6.27. The van der Waals surface area contributed by atoms with Crippen LogP contribution in [0, 0.1) is 0 Å². The molecule has 1 unspecified atom stereocenters. The van der Waals surface area contributed by atoms with Gasteiger partial charge in [0.15, 0.2) is 0 Å². The summed E-state index contributed by atoms with van der Waals surface area (Å²) in [6.07, 6.45) is -1.84. The standard InChI is InChI=1S/C13H17F3N2O2S/c1-4-21(19)11-5-10(6-17-12(11)9(2)3)7-18-20-8-13(14,15)16/h5-7,9H,4,8H2,1-3H3/b18-7+. The summed E-state index contributed by atoms with van der Waals surface area (Å²) in [6, 6.07) is 1.61. The molecule has 0 aliphatic heterocycles. The van der Waals surface area contributed by atoms with E-state index in [0.717, 1.165) is 6.21 Å². The fourth-order valence-corrected chi connectivity index (χ4v) is 2.62. The van der Waals surface area contributed by atoms with Gasteiger partial charge in [0.25, 0.3) is 0 Å². The van der Waals surface area contributed by atoms with Gasteiger partial charge in [0.2, 0.25) is 6.61 Å². The molecule has 0 spiro atoms. The summed E-state index contributed by atoms with van der Waals surface area (Å²) in [5.41, 5.74) is 1.15. The Hall–Kier alpha value is -1.44. The van der Waals surface area contributed by atoms with Crippen molar-refractivity contribution in [2.75, 3.05) is 12.4 Å². The molecule has 0 aliphatic rings. The Balaban J connectivity index is 2.90. The quantitative estimate of drug-likeness (QED) is 0.597. The van der Waals surface area contributed by atoms with Gasteiger partial charge < -0.3 is 4.84 Å². The highest BCUT2D eigenvalue weighted by molar-refractivity contribution is 7.85. The lowest BCUT2D eigenvalue weighted by molar-refractivity contribution is -0.173. The topological polar surface area (TPSA) is 51.5 Å². The van der Waals surface area contributed by atoms with Crippen LogP contribution in [0.25, 0.3) is 0 Å². The second kappa shape index (κ2) is 7.53. The number of alkyl halides is 3. The zero-order chi connectivity index (χ0) is 16.0. The van der Waals surface area contributed by atoms with Gasteiger partial charge >= 0.3 is 6.18 Å². The van der Waals surface area contributed by atoms with Crippen LogP contribution in [0.5, 0.6) is 0 Å². The average molecular weight is 322 g/mol. The molecule has 1 aromatic rings. The summed E-state index contributed by atoms with van der Waals surface area (Å²) in [7, 11) is -1.20. The van der Waals surface area contributed by atoms with Crippen LogP contribution >= 0.6 is 0 Å². The summed E-state index contributed by atoms with van der Waals surface area (Å²) in [4.78, 5) is 8.94. The van der Waals surface area contributed by atoms with Gasteiger partial charge in [-0.25, -0.2) is 0 Å². The first kappa shape index (κ1) is 17.6. The van der Waals surface area contributed by atoms with E-state index >= 15 is 0 Å². The summed E-state index contributed by atoms with van der Waals surface area (Å²) in [5, 5.41) is 3.24. The maximum absolute atomic E-state index is 12.0. The van der Waals surface area contributed by atoms with Gasteiger partial charge in [0.1, 0.15) is 0 Å². The molecular formula is C13H17F3N2O2S. The maximum Gasteiger partial charge on any atom is 0.425 e. The lowest BCUT2D eigenvalue weighted by Gasteiger charge is -2.11. The lowest BCUT2D eigenvalue weighted by atomic mass is 10.1. The minimum absolute atomic E-state index is 0.1000. The van der Waals surface area contributed by atoms with Crippen molar-refractivity contribution in [3.8, 4) is 0 Å². The van der Waals surface area contributed by atoms with Gasteiger partial charge in [-0.3, -0.25) is 9.19 Å². The van der Waals surface area contributed by atoms with E-state index in [2.05, 4.69) is 15.0 Å². The molecule has 0 aliphatic carbocycles. The first-order valence-electron chi connectivity index (χ1n) is 6.35. The number of pyridine rings is 1. The van der Waals surface area contributed by atoms with Gasteiger partial charge in [-0.1, -0.05) is 25.9 Å². The van der Waals surface area contributed by atoms with Crippen LogP contribution in [0.15, 0.2) is 22.3 Å². The first-order valence-corrected chi connectivity index (χ1v) is 7.67. The molecule has 0 saturated heterocycles. The molecule has 21 heavy (non-hydrogen) atoms. The SMILES string of the molecule is CCS(=O)c1cc(/C=N/OCC(F)(F)F)cnc1C(C)C. The Morgan fingerprint density at radius 2 is 2.14 bits per heavy atom. The zero-order valence-electron chi connectivity index (χ0n) is 12.0. The Labute approximate surface area is 123 Å². The highest BCUT2D eigenvalue weighted by Crippen LogP contribution is 2.21. The third kappa shape index (κ3) is 5.82. The number of oxime groups is 1. The van der Waals surface area contributed by atoms with Crippen LogP contribution in [0.4, 0.5) is 13.2 Å². The van der Waals surface area contributed by atoms with Crippen molar-refractivity contribution in [1.29, 1.82) is 0 Å². The van der Waals surface area contributed by atoms with Crippen LogP contribution in [0.1, 0.15) is 37.9 Å². The monoisotopic (exact) mass is 322 g/mol. The van der Waals surface area contributed by atoms with E-state index in [-0.39, 0.29) is 5.92 Å². The van der Waals surface area contributed by atoms with Gasteiger partial charge in [0, 0.05) is 17.5 Å². The Bertz CT molecular complexity index is 531. The van der Waals surface area contributed by atoms with E-state index in [1.807, 2.05) is 13.8 Å². The Kier molecular flexibility index (Phi) is 6.32. The predicted octanol–water partition coefficient (Wildman–Crippen LogP) is 3.25. The summed E-state index contributed by atoms with van der Waals surface area (Å²) in [5.74, 6) is 0.537. The fourth-order valence-electron chi connectivity index (χ4n) is 1.52. The molecule has 1 aromatic heterocycles. The van der Waals surface area contributed by atoms with Crippen LogP contribution in [-0.2, 0) is 15.6 Å². The molecule has 1 atom stereocenters. The number of rotatable bonds is 6. The third-order valence-electron chi connectivity index (χ3n) is 2.46. The van der Waals surface area contributed by atoms with Gasteiger partial charge in [0.05, 0.1) is 27.6 Å². The molecule has 0 saturated carbocycles. The largest absolute Gasteiger partial charge is 0.425 e. The Morgan fingerprint density at radius 1 is 1.48 bits per heavy atom. The predicted molar refractivity (Wildman–Crippen MR) is 74.9 cm³/mol. The minimum atomic E-state index is -4.42. The summed E-state index contributed by atoms with van der Waals surface area (Å²) < 4.78 is 47.7. The fraction of sp³-hybridized carbons (Fsp3) is 0.538. The molecule has 8 heteroatoms. The van der Waals surface area contributed by atoms with Crippen molar-refractivity contribution in [3.05, 3.63) is 23.5 Å². The zero-order valence-corrected chi connectivity index (χ0v) is 12.8. The third-order valence-corrected chi connectivity index (χ3v) is 3.80. The van der Waals surface area contributed by atoms with Crippen molar-refractivity contribution >= 4 is 17.0 Å². The number of halogens is 3. The summed E-state index contributed by atoms with van der Waals surface area (Å²) >= 11 is 0. The Morgan fingerprint density at radius 3 is 2.67 bits per heavy atom. The molecule has 0 fully saturated rings. The second-order valence-electron chi connectivity index (χ2n) is 4.56. The number of nitrogens with zero attached hydrogens (tertiary/aromatic N) is 2. The molecule has 4 nitrogen and oxygen atoms in total. The van der Waals surface area contributed by atoms with Crippen LogP contribution in [-0.4, -0.2) is 33.9 Å². The van der Waals surface area contributed by atoms with E-state index in [1.54, 1.807) is 13.0 Å². The van der Waals surface area contributed by atoms with E-state index in [9.17, 15) is 17.4 Å². The molecule has 0 radical (unpaired) electrons. The van der Waals surface area contributed by atoms with E-state index in [0.29, 0.717) is 21.9 Å². The van der Waals surface area contributed by atoms with Gasteiger partial charge in [-0.05, 0) is 12.0 Å². The highest BCUT2D eigenvalue weighted by Gasteiger charge is 2.28. The van der Waals surface area contributed by atoms with Gasteiger partial charge in [-0.2, -0.15) is 13.2 Å². The maximum atomic E-state index is 12.0. The van der Waals surface area contributed by atoms with Crippen molar-refractivity contribution in [2.45, 2.75) is 37.8 Å². The van der Waals surface area contributed by atoms with E-state index in [4.69, 9.17) is 0 Å². The molecule has 0 N–H and O–H groups in total. The lowest BCUT2D eigenvalue weighted by Crippen LogP contribution is -2.14. The van der Waals surface area contributed by atoms with Crippen LogP contribution in [0.3, 0.4) is 0 Å². The molecule has 0 amide bonds. The number of hydrogen-bond donors (Lipinski definition) is 0. The van der Waals surface area contributed by atoms with Crippen molar-refractivity contribution < 1.29 is 22.2 Å². The van der Waals surface area contributed by atoms with Crippen LogP contribution < -0.4 is 0 Å². The number of aromatic nitrogens is 1. The van der Waals surface area contributed by atoms with E-state index in [1.165, 1.54) is 6.20 Å². The molecule has 1 heterocycles. The molecule has 1 rings (SSSR count). The average Bonchev–Trinajstić information content (AvgIpc) is 2.41. The normalized spacial score (nSPS) is 13.9. The van der Waals surface area contributed by atoms with Crippen molar-refractivity contribution in [2.24, 2.45) is 5.16 Å². The molecular weight excluding hydrogens is 305 g/mol. The number of hydrogen-bond acceptors (Lipinski definition) is 4. The van der Waals surface area contributed by atoms with Gasteiger partial charge in [-0.15, -0.1) is 0 Å². The molecule has 0 aromatic carbocycles. The molecule has 118 valence electrons. The molecule has 0 bridgehead atoms. The van der Waals surface area contributed by atoms with E-state index < -0.39 is 23.6 Å². The minimum Gasteiger partial charge on any atom is -0.386 e. The van der Waals surface area contributed by atoms with Crippen molar-refractivity contribution in [1.82, 2.24) is 4.98 Å². The van der Waals surface area contributed by atoms with Crippen LogP contribution in [0.2, 0.25) is 0 Å².